The highest BCUT2D eigenvalue weighted by Crippen LogP contribution is 2.23. The molecular formula is C17H26ClN3O6S2. The number of halogens is 1. The molecule has 0 radical (unpaired) electrons. The van der Waals surface area contributed by atoms with Crippen molar-refractivity contribution < 1.29 is 26.4 Å². The summed E-state index contributed by atoms with van der Waals surface area (Å²) in [7, 11) is -7.27. The van der Waals surface area contributed by atoms with E-state index < -0.39 is 26.0 Å². The lowest BCUT2D eigenvalue weighted by atomic mass is 10.2. The molecule has 1 aliphatic rings. The van der Waals surface area contributed by atoms with Crippen molar-refractivity contribution in [1.82, 2.24) is 13.9 Å². The van der Waals surface area contributed by atoms with Crippen LogP contribution in [0.3, 0.4) is 0 Å². The first-order valence-electron chi connectivity index (χ1n) is 9.27. The second kappa shape index (κ2) is 10.2. The Morgan fingerprint density at radius 3 is 2.38 bits per heavy atom. The molecule has 1 N–H and O–H groups in total. The summed E-state index contributed by atoms with van der Waals surface area (Å²) in [5, 5.41) is 2.58. The van der Waals surface area contributed by atoms with E-state index in [4.69, 9.17) is 16.3 Å². The highest BCUT2D eigenvalue weighted by atomic mass is 35.5. The molecule has 1 heterocycles. The van der Waals surface area contributed by atoms with Crippen molar-refractivity contribution in [3.8, 4) is 0 Å². The molecule has 12 heteroatoms. The van der Waals surface area contributed by atoms with Gasteiger partial charge in [0.15, 0.2) is 0 Å². The summed E-state index contributed by atoms with van der Waals surface area (Å²) in [6.45, 7) is 5.16. The lowest BCUT2D eigenvalue weighted by molar-refractivity contribution is 0.0730. The average molecular weight is 468 g/mol. The average Bonchev–Trinajstić information content (AvgIpc) is 2.69. The van der Waals surface area contributed by atoms with Crippen LogP contribution in [0.1, 0.15) is 24.2 Å². The third kappa shape index (κ3) is 5.89. The van der Waals surface area contributed by atoms with Crippen molar-refractivity contribution >= 4 is 37.6 Å². The van der Waals surface area contributed by atoms with Crippen LogP contribution in [0.4, 0.5) is 0 Å². The lowest BCUT2D eigenvalue weighted by Crippen LogP contribution is -2.43. The molecule has 1 fully saturated rings. The van der Waals surface area contributed by atoms with E-state index in [1.165, 1.54) is 26.8 Å². The van der Waals surface area contributed by atoms with Gasteiger partial charge in [0.2, 0.25) is 20.0 Å². The molecule has 0 aromatic heterocycles. The highest BCUT2D eigenvalue weighted by molar-refractivity contribution is 7.89. The van der Waals surface area contributed by atoms with Gasteiger partial charge in [0.1, 0.15) is 0 Å². The molecule has 0 saturated carbocycles. The van der Waals surface area contributed by atoms with Gasteiger partial charge in [-0.25, -0.2) is 16.8 Å². The van der Waals surface area contributed by atoms with E-state index in [1.807, 2.05) is 0 Å². The Balaban J connectivity index is 2.09. The fraction of sp³-hybridized carbons (Fsp3) is 0.588. The summed E-state index contributed by atoms with van der Waals surface area (Å²) >= 11 is 6.07. The van der Waals surface area contributed by atoms with Crippen LogP contribution in [0, 0.1) is 0 Å². The van der Waals surface area contributed by atoms with Crippen LogP contribution in [0.25, 0.3) is 0 Å². The van der Waals surface area contributed by atoms with Crippen molar-refractivity contribution in [3.63, 3.8) is 0 Å². The van der Waals surface area contributed by atoms with Gasteiger partial charge in [-0.1, -0.05) is 25.4 Å². The summed E-state index contributed by atoms with van der Waals surface area (Å²) in [5.74, 6) is -0.905. The number of carbonyl (C=O) groups excluding carboxylic acids is 1. The summed E-state index contributed by atoms with van der Waals surface area (Å²) in [4.78, 5) is 12.4. The predicted molar refractivity (Wildman–Crippen MR) is 110 cm³/mol. The molecule has 2 rings (SSSR count). The number of amides is 1. The Labute approximate surface area is 177 Å². The van der Waals surface area contributed by atoms with E-state index in [1.54, 1.807) is 13.8 Å². The zero-order valence-corrected chi connectivity index (χ0v) is 18.8. The third-order valence-corrected chi connectivity index (χ3v) is 8.78. The number of ether oxygens (including phenoxy) is 1. The summed E-state index contributed by atoms with van der Waals surface area (Å²) in [6.07, 6.45) is 0. The SMILES string of the molecule is CCN(CC)S(=O)(=O)c1ccc(Cl)c(C(=O)NCCS(=O)(=O)N2CCOCC2)c1. The maximum Gasteiger partial charge on any atom is 0.252 e. The largest absolute Gasteiger partial charge is 0.379 e. The normalized spacial score (nSPS) is 16.1. The quantitative estimate of drug-likeness (QED) is 0.573. The first kappa shape index (κ1) is 24.0. The topological polar surface area (TPSA) is 113 Å². The van der Waals surface area contributed by atoms with E-state index in [2.05, 4.69) is 5.32 Å². The van der Waals surface area contributed by atoms with Crippen LogP contribution in [0.15, 0.2) is 23.1 Å². The zero-order valence-electron chi connectivity index (χ0n) is 16.4. The molecular weight excluding hydrogens is 442 g/mol. The van der Waals surface area contributed by atoms with Crippen LogP contribution in [0.5, 0.6) is 0 Å². The Hall–Kier alpha value is -1.24. The number of benzene rings is 1. The van der Waals surface area contributed by atoms with Gasteiger partial charge in [0.05, 0.1) is 34.4 Å². The maximum absolute atomic E-state index is 12.7. The van der Waals surface area contributed by atoms with Crippen molar-refractivity contribution in [2.75, 3.05) is 51.7 Å². The molecule has 0 spiro atoms. The molecule has 0 atom stereocenters. The Bertz CT molecular complexity index is 926. The molecule has 164 valence electrons. The maximum atomic E-state index is 12.7. The Morgan fingerprint density at radius 1 is 1.17 bits per heavy atom. The van der Waals surface area contributed by atoms with Gasteiger partial charge in [-0.3, -0.25) is 4.79 Å². The van der Waals surface area contributed by atoms with Crippen molar-refractivity contribution in [1.29, 1.82) is 0 Å². The van der Waals surface area contributed by atoms with Gasteiger partial charge < -0.3 is 10.1 Å². The Morgan fingerprint density at radius 2 is 1.79 bits per heavy atom. The van der Waals surface area contributed by atoms with Gasteiger partial charge in [-0.2, -0.15) is 8.61 Å². The van der Waals surface area contributed by atoms with Crippen LogP contribution >= 0.6 is 11.6 Å². The van der Waals surface area contributed by atoms with E-state index in [-0.39, 0.29) is 40.9 Å². The molecule has 1 amide bonds. The third-order valence-electron chi connectivity index (χ3n) is 4.53. The number of carbonyl (C=O) groups is 1. The predicted octanol–water partition coefficient (Wildman–Crippen LogP) is 0.762. The van der Waals surface area contributed by atoms with E-state index >= 15 is 0 Å². The number of morpholine rings is 1. The van der Waals surface area contributed by atoms with Crippen molar-refractivity contribution in [2.24, 2.45) is 0 Å². The van der Waals surface area contributed by atoms with Gasteiger partial charge in [0.25, 0.3) is 5.91 Å². The fourth-order valence-corrected chi connectivity index (χ4v) is 5.91. The zero-order chi connectivity index (χ0) is 21.7. The van der Waals surface area contributed by atoms with Crippen LogP contribution < -0.4 is 5.32 Å². The number of sulfonamides is 2. The second-order valence-corrected chi connectivity index (χ2v) is 10.7. The van der Waals surface area contributed by atoms with Crippen molar-refractivity contribution in [3.05, 3.63) is 28.8 Å². The van der Waals surface area contributed by atoms with Gasteiger partial charge in [-0.15, -0.1) is 0 Å². The van der Waals surface area contributed by atoms with Gasteiger partial charge >= 0.3 is 0 Å². The van der Waals surface area contributed by atoms with Crippen LogP contribution in [-0.4, -0.2) is 83.0 Å². The molecule has 1 aliphatic heterocycles. The number of hydrogen-bond donors (Lipinski definition) is 1. The molecule has 1 aromatic carbocycles. The van der Waals surface area contributed by atoms with Crippen molar-refractivity contribution in [2.45, 2.75) is 18.7 Å². The Kier molecular flexibility index (Phi) is 8.44. The molecule has 29 heavy (non-hydrogen) atoms. The number of rotatable bonds is 9. The second-order valence-electron chi connectivity index (χ2n) is 6.31. The summed E-state index contributed by atoms with van der Waals surface area (Å²) in [6, 6.07) is 3.90. The number of nitrogens with zero attached hydrogens (tertiary/aromatic N) is 2. The first-order chi connectivity index (χ1) is 13.6. The number of nitrogens with one attached hydrogen (secondary N) is 1. The smallest absolute Gasteiger partial charge is 0.252 e. The van der Waals surface area contributed by atoms with E-state index in [9.17, 15) is 21.6 Å². The monoisotopic (exact) mass is 467 g/mol. The van der Waals surface area contributed by atoms with Gasteiger partial charge in [0, 0.05) is 32.7 Å². The minimum atomic E-state index is -3.75. The first-order valence-corrected chi connectivity index (χ1v) is 12.7. The van der Waals surface area contributed by atoms with Crippen LogP contribution in [0.2, 0.25) is 5.02 Å². The minimum absolute atomic E-state index is 0.0244. The van der Waals surface area contributed by atoms with Crippen LogP contribution in [-0.2, 0) is 24.8 Å². The molecule has 1 aromatic rings. The summed E-state index contributed by atoms with van der Waals surface area (Å²) in [5.41, 5.74) is -0.0244. The summed E-state index contributed by atoms with van der Waals surface area (Å²) < 4.78 is 57.7. The fourth-order valence-electron chi connectivity index (χ4n) is 2.89. The van der Waals surface area contributed by atoms with E-state index in [0.29, 0.717) is 26.3 Å². The molecule has 9 nitrogen and oxygen atoms in total. The molecule has 0 unspecified atom stereocenters. The lowest BCUT2D eigenvalue weighted by Gasteiger charge is -2.26. The number of hydrogen-bond acceptors (Lipinski definition) is 6. The molecule has 0 aliphatic carbocycles. The minimum Gasteiger partial charge on any atom is -0.379 e. The van der Waals surface area contributed by atoms with E-state index in [0.717, 1.165) is 0 Å². The standard InChI is InChI=1S/C17H26ClN3O6S2/c1-3-20(4-2)29(25,26)14-5-6-16(18)15(13-14)17(22)19-7-12-28(23,24)21-8-10-27-11-9-21/h5-6,13H,3-4,7-12H2,1-2H3,(H,19,22). The van der Waals surface area contributed by atoms with Gasteiger partial charge in [-0.05, 0) is 18.2 Å². The molecule has 1 saturated heterocycles. The highest BCUT2D eigenvalue weighted by Gasteiger charge is 2.26. The molecule has 0 bridgehead atoms.